The summed E-state index contributed by atoms with van der Waals surface area (Å²) >= 11 is 0. The molecule has 3 heterocycles. The quantitative estimate of drug-likeness (QED) is 0.767. The molecule has 1 N–H and O–H groups in total. The molecular formula is C23H28FN5O3. The second-order valence-electron chi connectivity index (χ2n) is 8.22. The van der Waals surface area contributed by atoms with Crippen LogP contribution in [0.15, 0.2) is 24.3 Å². The zero-order valence-electron chi connectivity index (χ0n) is 18.4. The average molecular weight is 442 g/mol. The Kier molecular flexibility index (Phi) is 6.53. The van der Waals surface area contributed by atoms with Gasteiger partial charge in [-0.3, -0.25) is 9.59 Å². The van der Waals surface area contributed by atoms with Gasteiger partial charge in [-0.15, -0.1) is 0 Å². The third-order valence-electron chi connectivity index (χ3n) is 6.08. The van der Waals surface area contributed by atoms with Crippen molar-refractivity contribution in [1.82, 2.24) is 19.8 Å². The molecule has 0 radical (unpaired) electrons. The predicted octanol–water partition coefficient (Wildman–Crippen LogP) is 2.35. The van der Waals surface area contributed by atoms with E-state index in [1.165, 1.54) is 24.3 Å². The van der Waals surface area contributed by atoms with Crippen molar-refractivity contribution in [3.63, 3.8) is 0 Å². The standard InChI is InChI=1S/C23H28FN5O3/c1-15(30)28-10-3-4-16(12-28)22-26-20-13-29(11-9-19(20)23(25-2)27-22)21(31)14-32-18-7-5-17(24)6-8-18/h5-8,16H,3-4,9-14H2,1-2H3,(H,25,26,27)/t16-/m1/s1. The molecule has 32 heavy (non-hydrogen) atoms. The SMILES string of the molecule is CNc1nc([C@@H]2CCCN(C(C)=O)C2)nc2c1CCN(C(=O)COc1ccc(F)cc1)C2. The van der Waals surface area contributed by atoms with Gasteiger partial charge < -0.3 is 19.9 Å². The smallest absolute Gasteiger partial charge is 0.260 e. The number of hydrogen-bond donors (Lipinski definition) is 1. The molecule has 8 nitrogen and oxygen atoms in total. The van der Waals surface area contributed by atoms with E-state index in [1.54, 1.807) is 11.8 Å². The van der Waals surface area contributed by atoms with Gasteiger partial charge in [-0.25, -0.2) is 14.4 Å². The first-order valence-electron chi connectivity index (χ1n) is 10.9. The van der Waals surface area contributed by atoms with Crippen molar-refractivity contribution in [1.29, 1.82) is 0 Å². The maximum Gasteiger partial charge on any atom is 0.260 e. The van der Waals surface area contributed by atoms with Crippen LogP contribution < -0.4 is 10.1 Å². The van der Waals surface area contributed by atoms with Crippen molar-refractivity contribution in [3.8, 4) is 5.75 Å². The van der Waals surface area contributed by atoms with E-state index in [9.17, 15) is 14.0 Å². The average Bonchev–Trinajstić information content (AvgIpc) is 2.82. The van der Waals surface area contributed by atoms with Crippen LogP contribution in [0.4, 0.5) is 10.2 Å². The Morgan fingerprint density at radius 3 is 2.69 bits per heavy atom. The van der Waals surface area contributed by atoms with E-state index >= 15 is 0 Å². The molecule has 1 aromatic heterocycles. The van der Waals surface area contributed by atoms with E-state index in [0.29, 0.717) is 31.8 Å². The number of anilines is 1. The van der Waals surface area contributed by atoms with E-state index in [0.717, 1.165) is 42.3 Å². The molecule has 0 aliphatic carbocycles. The van der Waals surface area contributed by atoms with Crippen LogP contribution in [0.1, 0.15) is 42.8 Å². The van der Waals surface area contributed by atoms with Gasteiger partial charge in [0.15, 0.2) is 6.61 Å². The minimum absolute atomic E-state index is 0.0689. The topological polar surface area (TPSA) is 87.7 Å². The Balaban J connectivity index is 1.47. The molecule has 4 rings (SSSR count). The Morgan fingerprint density at radius 2 is 1.97 bits per heavy atom. The van der Waals surface area contributed by atoms with E-state index in [1.807, 2.05) is 11.9 Å². The van der Waals surface area contributed by atoms with Crippen molar-refractivity contribution in [2.75, 3.05) is 38.6 Å². The number of fused-ring (bicyclic) bond motifs is 1. The summed E-state index contributed by atoms with van der Waals surface area (Å²) in [6.07, 6.45) is 2.50. The molecule has 1 aromatic carbocycles. The molecule has 170 valence electrons. The highest BCUT2D eigenvalue weighted by Crippen LogP contribution is 2.30. The number of nitrogens with one attached hydrogen (secondary N) is 1. The van der Waals surface area contributed by atoms with Gasteiger partial charge in [-0.1, -0.05) is 0 Å². The fraction of sp³-hybridized carbons (Fsp3) is 0.478. The Hall–Kier alpha value is -3.23. The molecule has 1 saturated heterocycles. The first kappa shape index (κ1) is 22.0. The van der Waals surface area contributed by atoms with Gasteiger partial charge in [0.05, 0.1) is 12.2 Å². The molecule has 2 amide bonds. The monoisotopic (exact) mass is 441 g/mol. The Bertz CT molecular complexity index is 998. The van der Waals surface area contributed by atoms with Crippen LogP contribution in [-0.2, 0) is 22.6 Å². The van der Waals surface area contributed by atoms with Gasteiger partial charge in [-0.05, 0) is 43.5 Å². The van der Waals surface area contributed by atoms with Crippen molar-refractivity contribution < 1.29 is 18.7 Å². The number of piperidine rings is 1. The molecular weight excluding hydrogens is 413 g/mol. The third kappa shape index (κ3) is 4.81. The highest BCUT2D eigenvalue weighted by molar-refractivity contribution is 5.78. The number of ether oxygens (including phenoxy) is 1. The van der Waals surface area contributed by atoms with Gasteiger partial charge in [0.1, 0.15) is 23.2 Å². The number of rotatable bonds is 5. The lowest BCUT2D eigenvalue weighted by Crippen LogP contribution is -2.40. The maximum atomic E-state index is 13.0. The molecule has 2 aliphatic rings. The molecule has 0 bridgehead atoms. The van der Waals surface area contributed by atoms with Crippen LogP contribution in [0.5, 0.6) is 5.75 Å². The van der Waals surface area contributed by atoms with Crippen LogP contribution in [-0.4, -0.2) is 64.9 Å². The van der Waals surface area contributed by atoms with Gasteiger partial charge in [0, 0.05) is 45.1 Å². The minimum atomic E-state index is -0.350. The van der Waals surface area contributed by atoms with E-state index in [-0.39, 0.29) is 30.2 Å². The zero-order valence-corrected chi connectivity index (χ0v) is 18.4. The van der Waals surface area contributed by atoms with Gasteiger partial charge in [0.2, 0.25) is 5.91 Å². The second kappa shape index (κ2) is 9.50. The second-order valence-corrected chi connectivity index (χ2v) is 8.22. The summed E-state index contributed by atoms with van der Waals surface area (Å²) in [6.45, 7) is 3.80. The van der Waals surface area contributed by atoms with Crippen molar-refractivity contribution in [2.45, 2.75) is 38.6 Å². The summed E-state index contributed by atoms with van der Waals surface area (Å²) in [5.41, 5.74) is 1.86. The third-order valence-corrected chi connectivity index (χ3v) is 6.08. The molecule has 1 fully saturated rings. The summed E-state index contributed by atoms with van der Waals surface area (Å²) in [7, 11) is 1.84. The fourth-order valence-electron chi connectivity index (χ4n) is 4.29. The molecule has 2 aliphatic heterocycles. The van der Waals surface area contributed by atoms with Crippen LogP contribution in [0.3, 0.4) is 0 Å². The molecule has 0 spiro atoms. The summed E-state index contributed by atoms with van der Waals surface area (Å²) in [6, 6.07) is 5.60. The largest absolute Gasteiger partial charge is 0.484 e. The molecule has 1 atom stereocenters. The predicted molar refractivity (Wildman–Crippen MR) is 117 cm³/mol. The maximum absolute atomic E-state index is 13.0. The molecule has 0 saturated carbocycles. The fourth-order valence-corrected chi connectivity index (χ4v) is 4.29. The van der Waals surface area contributed by atoms with Crippen molar-refractivity contribution >= 4 is 17.6 Å². The van der Waals surface area contributed by atoms with Crippen LogP contribution >= 0.6 is 0 Å². The number of halogens is 1. The highest BCUT2D eigenvalue weighted by Gasteiger charge is 2.29. The number of aromatic nitrogens is 2. The normalized spacial score (nSPS) is 18.2. The lowest BCUT2D eigenvalue weighted by atomic mass is 9.96. The van der Waals surface area contributed by atoms with E-state index < -0.39 is 0 Å². The zero-order chi connectivity index (χ0) is 22.7. The lowest BCUT2D eigenvalue weighted by Gasteiger charge is -2.33. The van der Waals surface area contributed by atoms with Gasteiger partial charge >= 0.3 is 0 Å². The van der Waals surface area contributed by atoms with Crippen molar-refractivity contribution in [2.24, 2.45) is 0 Å². The number of hydrogen-bond acceptors (Lipinski definition) is 6. The number of carbonyl (C=O) groups is 2. The number of amides is 2. The number of likely N-dealkylation sites (tertiary alicyclic amines) is 1. The Labute approximate surface area is 186 Å². The molecule has 0 unspecified atom stereocenters. The first-order chi connectivity index (χ1) is 15.4. The summed E-state index contributed by atoms with van der Waals surface area (Å²) in [5, 5.41) is 3.17. The van der Waals surface area contributed by atoms with E-state index in [2.05, 4.69) is 5.32 Å². The Morgan fingerprint density at radius 1 is 1.19 bits per heavy atom. The molecule has 2 aromatic rings. The number of carbonyl (C=O) groups excluding carboxylic acids is 2. The molecule has 9 heteroatoms. The van der Waals surface area contributed by atoms with E-state index in [4.69, 9.17) is 14.7 Å². The highest BCUT2D eigenvalue weighted by atomic mass is 19.1. The van der Waals surface area contributed by atoms with Gasteiger partial charge in [0.25, 0.3) is 5.91 Å². The summed E-state index contributed by atoms with van der Waals surface area (Å²) < 4.78 is 18.6. The minimum Gasteiger partial charge on any atom is -0.484 e. The number of nitrogens with zero attached hydrogens (tertiary/aromatic N) is 4. The number of benzene rings is 1. The van der Waals surface area contributed by atoms with Crippen LogP contribution in [0.25, 0.3) is 0 Å². The van der Waals surface area contributed by atoms with Gasteiger partial charge in [-0.2, -0.15) is 0 Å². The van der Waals surface area contributed by atoms with Crippen LogP contribution in [0, 0.1) is 5.82 Å². The first-order valence-corrected chi connectivity index (χ1v) is 10.9. The van der Waals surface area contributed by atoms with Crippen molar-refractivity contribution in [3.05, 3.63) is 47.2 Å². The summed E-state index contributed by atoms with van der Waals surface area (Å²) in [5.74, 6) is 1.61. The van der Waals surface area contributed by atoms with Crippen LogP contribution in [0.2, 0.25) is 0 Å². The summed E-state index contributed by atoms with van der Waals surface area (Å²) in [4.78, 5) is 37.7. The lowest BCUT2D eigenvalue weighted by molar-refractivity contribution is -0.134.